The number of anilines is 1. The highest BCUT2D eigenvalue weighted by Gasteiger charge is 2.35. The van der Waals surface area contributed by atoms with Gasteiger partial charge in [-0.25, -0.2) is 0 Å². The molecule has 6 nitrogen and oxygen atoms in total. The molecule has 6 rings (SSSR count). The van der Waals surface area contributed by atoms with Crippen LogP contribution in [-0.2, 0) is 4.79 Å². The van der Waals surface area contributed by atoms with Crippen LogP contribution in [0.4, 0.5) is 5.69 Å². The van der Waals surface area contributed by atoms with Crippen molar-refractivity contribution < 1.29 is 4.79 Å². The van der Waals surface area contributed by atoms with Crippen LogP contribution in [0.15, 0.2) is 41.0 Å². The smallest absolute Gasteiger partial charge is 0.256 e. The number of carbonyl (C=O) groups excluding carboxylic acids is 1. The Morgan fingerprint density at radius 1 is 1.09 bits per heavy atom. The fourth-order valence-electron chi connectivity index (χ4n) is 6.47. The molecule has 2 fully saturated rings. The van der Waals surface area contributed by atoms with E-state index in [4.69, 9.17) is 4.99 Å². The van der Waals surface area contributed by atoms with Crippen LogP contribution in [0, 0.1) is 5.92 Å². The van der Waals surface area contributed by atoms with Crippen LogP contribution in [-0.4, -0.2) is 73.3 Å². The van der Waals surface area contributed by atoms with Crippen molar-refractivity contribution in [1.82, 2.24) is 15.1 Å². The zero-order valence-electron chi connectivity index (χ0n) is 20.4. The second-order valence-corrected chi connectivity index (χ2v) is 10.6. The maximum atomic E-state index is 13.1. The van der Waals surface area contributed by atoms with E-state index in [9.17, 15) is 4.79 Å². The molecule has 0 aromatic heterocycles. The van der Waals surface area contributed by atoms with Gasteiger partial charge in [0.2, 0.25) is 0 Å². The Morgan fingerprint density at radius 2 is 1.91 bits per heavy atom. The third-order valence-electron chi connectivity index (χ3n) is 8.49. The summed E-state index contributed by atoms with van der Waals surface area (Å²) in [5.74, 6) is 0.780. The van der Waals surface area contributed by atoms with Crippen molar-refractivity contribution in [3.05, 3.63) is 47.2 Å². The third-order valence-corrected chi connectivity index (χ3v) is 8.49. The summed E-state index contributed by atoms with van der Waals surface area (Å²) < 4.78 is 0. The molecule has 1 amide bonds. The lowest BCUT2D eigenvalue weighted by Gasteiger charge is -2.31. The molecular formula is C28H37N5O. The molecule has 0 spiro atoms. The number of fused-ring (bicyclic) bond motifs is 2. The van der Waals surface area contributed by atoms with Crippen LogP contribution in [0.2, 0.25) is 0 Å². The summed E-state index contributed by atoms with van der Waals surface area (Å²) in [6.07, 6.45) is 10.5. The SMILES string of the molecule is CC1C2=CN(CCN3CCCC3)CCC2N=C1C=C1C(=O)Nc2cccc(C3CCNCC3)c21. The second-order valence-electron chi connectivity index (χ2n) is 10.6. The number of nitrogens with one attached hydrogen (secondary N) is 2. The van der Waals surface area contributed by atoms with Crippen molar-refractivity contribution in [1.29, 1.82) is 0 Å². The van der Waals surface area contributed by atoms with E-state index >= 15 is 0 Å². The maximum absolute atomic E-state index is 13.1. The number of hydrogen-bond donors (Lipinski definition) is 2. The molecule has 2 unspecified atom stereocenters. The van der Waals surface area contributed by atoms with E-state index in [1.807, 2.05) is 6.07 Å². The Hall–Kier alpha value is -2.44. The van der Waals surface area contributed by atoms with E-state index < -0.39 is 0 Å². The quantitative estimate of drug-likeness (QED) is 0.660. The first kappa shape index (κ1) is 22.1. The Bertz CT molecular complexity index is 1040. The van der Waals surface area contributed by atoms with E-state index in [0.29, 0.717) is 5.92 Å². The number of allylic oxidation sites excluding steroid dienone is 1. The summed E-state index contributed by atoms with van der Waals surface area (Å²) in [6.45, 7) is 10.2. The Morgan fingerprint density at radius 3 is 2.74 bits per heavy atom. The van der Waals surface area contributed by atoms with Crippen LogP contribution >= 0.6 is 0 Å². The summed E-state index contributed by atoms with van der Waals surface area (Å²) in [5, 5.41) is 6.59. The third kappa shape index (κ3) is 4.11. The summed E-state index contributed by atoms with van der Waals surface area (Å²) in [4.78, 5) is 23.3. The van der Waals surface area contributed by atoms with E-state index in [1.165, 1.54) is 37.1 Å². The predicted octanol–water partition coefficient (Wildman–Crippen LogP) is 3.63. The molecule has 5 heterocycles. The fraction of sp³-hybridized carbons (Fsp3) is 0.571. The minimum absolute atomic E-state index is 0.0161. The molecule has 0 aliphatic carbocycles. The highest BCUT2D eigenvalue weighted by Crippen LogP contribution is 2.41. The maximum Gasteiger partial charge on any atom is 0.256 e. The molecule has 34 heavy (non-hydrogen) atoms. The van der Waals surface area contributed by atoms with Gasteiger partial charge >= 0.3 is 0 Å². The number of aliphatic imine (C=N–C) groups is 1. The fourth-order valence-corrected chi connectivity index (χ4v) is 6.47. The molecule has 5 aliphatic heterocycles. The van der Waals surface area contributed by atoms with E-state index in [0.717, 1.165) is 74.5 Å². The molecule has 1 aromatic carbocycles. The van der Waals surface area contributed by atoms with Crippen LogP contribution in [0.1, 0.15) is 56.1 Å². The minimum Gasteiger partial charge on any atom is -0.376 e. The Kier molecular flexibility index (Phi) is 6.04. The molecule has 6 heteroatoms. The molecule has 2 saturated heterocycles. The summed E-state index contributed by atoms with van der Waals surface area (Å²) in [5.41, 5.74) is 6.69. The monoisotopic (exact) mass is 459 g/mol. The number of amides is 1. The van der Waals surface area contributed by atoms with Gasteiger partial charge in [0, 0.05) is 48.7 Å². The van der Waals surface area contributed by atoms with Crippen molar-refractivity contribution in [2.45, 2.75) is 51.0 Å². The predicted molar refractivity (Wildman–Crippen MR) is 138 cm³/mol. The molecular weight excluding hydrogens is 422 g/mol. The molecule has 2 atom stereocenters. The number of nitrogens with zero attached hydrogens (tertiary/aromatic N) is 3. The number of hydrogen-bond acceptors (Lipinski definition) is 5. The average Bonchev–Trinajstić information content (AvgIpc) is 3.57. The van der Waals surface area contributed by atoms with Crippen molar-refractivity contribution in [2.75, 3.05) is 51.1 Å². The highest BCUT2D eigenvalue weighted by atomic mass is 16.2. The van der Waals surface area contributed by atoms with Gasteiger partial charge in [0.1, 0.15) is 0 Å². The van der Waals surface area contributed by atoms with Gasteiger partial charge in [-0.2, -0.15) is 0 Å². The molecule has 2 N–H and O–H groups in total. The van der Waals surface area contributed by atoms with E-state index in [-0.39, 0.29) is 17.9 Å². The van der Waals surface area contributed by atoms with Crippen LogP contribution < -0.4 is 10.6 Å². The Balaban J connectivity index is 1.24. The van der Waals surface area contributed by atoms with Crippen LogP contribution in [0.3, 0.4) is 0 Å². The van der Waals surface area contributed by atoms with Gasteiger partial charge in [0.05, 0.1) is 11.6 Å². The molecule has 0 bridgehead atoms. The first-order valence-electron chi connectivity index (χ1n) is 13.3. The van der Waals surface area contributed by atoms with E-state index in [2.05, 4.69) is 51.8 Å². The lowest BCUT2D eigenvalue weighted by atomic mass is 9.84. The van der Waals surface area contributed by atoms with Gasteiger partial charge < -0.3 is 20.4 Å². The first-order chi connectivity index (χ1) is 16.7. The summed E-state index contributed by atoms with van der Waals surface area (Å²) in [6, 6.07) is 6.63. The summed E-state index contributed by atoms with van der Waals surface area (Å²) >= 11 is 0. The van der Waals surface area contributed by atoms with Crippen molar-refractivity contribution >= 4 is 22.9 Å². The Labute approximate surface area is 203 Å². The van der Waals surface area contributed by atoms with Gasteiger partial charge in [-0.1, -0.05) is 19.1 Å². The zero-order valence-corrected chi connectivity index (χ0v) is 20.4. The molecule has 0 saturated carbocycles. The van der Waals surface area contributed by atoms with Crippen LogP contribution in [0.25, 0.3) is 5.57 Å². The van der Waals surface area contributed by atoms with E-state index in [1.54, 1.807) is 0 Å². The van der Waals surface area contributed by atoms with Crippen molar-refractivity contribution in [3.8, 4) is 0 Å². The highest BCUT2D eigenvalue weighted by molar-refractivity contribution is 6.35. The largest absolute Gasteiger partial charge is 0.376 e. The molecule has 180 valence electrons. The second kappa shape index (κ2) is 9.31. The average molecular weight is 460 g/mol. The minimum atomic E-state index is 0.0161. The number of piperidine rings is 1. The topological polar surface area (TPSA) is 60.0 Å². The van der Waals surface area contributed by atoms with Gasteiger partial charge in [-0.05, 0) is 87.5 Å². The van der Waals surface area contributed by atoms with Gasteiger partial charge in [0.15, 0.2) is 0 Å². The molecule has 1 aromatic rings. The molecule has 5 aliphatic rings. The number of carbonyl (C=O) groups is 1. The molecule has 0 radical (unpaired) electrons. The lowest BCUT2D eigenvalue weighted by molar-refractivity contribution is -0.110. The van der Waals surface area contributed by atoms with Crippen molar-refractivity contribution in [2.24, 2.45) is 10.9 Å². The zero-order chi connectivity index (χ0) is 23.1. The lowest BCUT2D eigenvalue weighted by Crippen LogP contribution is -2.35. The van der Waals surface area contributed by atoms with Gasteiger partial charge in [-0.15, -0.1) is 0 Å². The van der Waals surface area contributed by atoms with Gasteiger partial charge in [-0.3, -0.25) is 9.79 Å². The number of likely N-dealkylation sites (tertiary alicyclic amines) is 1. The summed E-state index contributed by atoms with van der Waals surface area (Å²) in [7, 11) is 0. The van der Waals surface area contributed by atoms with Crippen LogP contribution in [0.5, 0.6) is 0 Å². The van der Waals surface area contributed by atoms with Crippen molar-refractivity contribution in [3.63, 3.8) is 0 Å². The normalized spacial score (nSPS) is 28.7. The van der Waals surface area contributed by atoms with Gasteiger partial charge in [0.25, 0.3) is 5.91 Å². The number of benzene rings is 1. The number of rotatable bonds is 5. The standard InChI is InChI=1S/C28H37N5O/c1-19-23-18-33(16-15-32-12-2-3-13-32)14-9-24(23)30-26(19)17-22-27-21(20-7-10-29-11-8-20)5-4-6-25(27)31-28(22)34/h4-6,17-20,24,29H,2-3,7-16H2,1H3,(H,31,34). The first-order valence-corrected chi connectivity index (χ1v) is 13.3.